The number of fused-ring (bicyclic) bond motifs is 1. The van der Waals surface area contributed by atoms with Gasteiger partial charge in [-0.25, -0.2) is 0 Å². The first kappa shape index (κ1) is 16.0. The Kier molecular flexibility index (Phi) is 4.96. The third-order valence-electron chi connectivity index (χ3n) is 3.97. The van der Waals surface area contributed by atoms with Gasteiger partial charge in [0.05, 0.1) is 12.7 Å². The van der Waals surface area contributed by atoms with Crippen LogP contribution in [0.2, 0.25) is 5.02 Å². The molecule has 0 aliphatic carbocycles. The molecule has 0 saturated carbocycles. The molecule has 3 rings (SSSR count). The van der Waals surface area contributed by atoms with E-state index in [1.165, 1.54) is 0 Å². The molecular weight excluding hydrogens is 314 g/mol. The maximum Gasteiger partial charge on any atom is 0.253 e. The number of hydrogen-bond donors (Lipinski definition) is 2. The highest BCUT2D eigenvalue weighted by atomic mass is 35.5. The van der Waals surface area contributed by atoms with Gasteiger partial charge in [-0.3, -0.25) is 4.79 Å². The van der Waals surface area contributed by atoms with E-state index < -0.39 is 12.2 Å². The van der Waals surface area contributed by atoms with Gasteiger partial charge in [0, 0.05) is 17.1 Å². The second-order valence-corrected chi connectivity index (χ2v) is 5.89. The number of aliphatic hydroxyl groups excluding tert-OH is 1. The summed E-state index contributed by atoms with van der Waals surface area (Å²) >= 11 is 6.05. The van der Waals surface area contributed by atoms with Gasteiger partial charge in [0.1, 0.15) is 0 Å². The summed E-state index contributed by atoms with van der Waals surface area (Å²) in [5, 5.41) is 13.4. The molecular formula is C18H18ClNO3. The van der Waals surface area contributed by atoms with Crippen LogP contribution in [0.15, 0.2) is 48.5 Å². The van der Waals surface area contributed by atoms with E-state index >= 15 is 0 Å². The summed E-state index contributed by atoms with van der Waals surface area (Å²) < 4.78 is 5.61. The molecule has 1 aliphatic rings. The lowest BCUT2D eigenvalue weighted by molar-refractivity contribution is -0.134. The summed E-state index contributed by atoms with van der Waals surface area (Å²) in [7, 11) is 0. The fourth-order valence-electron chi connectivity index (χ4n) is 2.76. The van der Waals surface area contributed by atoms with Gasteiger partial charge in [-0.15, -0.1) is 0 Å². The van der Waals surface area contributed by atoms with Crippen molar-refractivity contribution in [3.63, 3.8) is 0 Å². The van der Waals surface area contributed by atoms with Crippen LogP contribution in [0.1, 0.15) is 28.9 Å². The molecule has 1 amide bonds. The smallest absolute Gasteiger partial charge is 0.253 e. The van der Waals surface area contributed by atoms with Gasteiger partial charge in [-0.05, 0) is 23.6 Å². The minimum absolute atomic E-state index is 0.0879. The van der Waals surface area contributed by atoms with E-state index in [1.807, 2.05) is 24.3 Å². The predicted molar refractivity (Wildman–Crippen MR) is 88.3 cm³/mol. The number of nitrogens with one attached hydrogen (secondary N) is 1. The molecule has 5 heteroatoms. The average molecular weight is 332 g/mol. The van der Waals surface area contributed by atoms with Crippen LogP contribution in [0, 0.1) is 0 Å². The summed E-state index contributed by atoms with van der Waals surface area (Å²) in [4.78, 5) is 12.4. The minimum atomic E-state index is -0.855. The molecule has 0 saturated heterocycles. The first-order chi connectivity index (χ1) is 11.2. The molecule has 0 aromatic heterocycles. The molecule has 0 spiro atoms. The molecule has 1 aliphatic heterocycles. The van der Waals surface area contributed by atoms with E-state index in [9.17, 15) is 9.90 Å². The van der Waals surface area contributed by atoms with Gasteiger partial charge < -0.3 is 15.2 Å². The van der Waals surface area contributed by atoms with Crippen molar-refractivity contribution in [3.05, 3.63) is 70.2 Å². The minimum Gasteiger partial charge on any atom is -0.387 e. The highest BCUT2D eigenvalue weighted by Crippen LogP contribution is 2.27. The van der Waals surface area contributed by atoms with Gasteiger partial charge in [0.15, 0.2) is 6.10 Å². The quantitative estimate of drug-likeness (QED) is 0.905. The van der Waals surface area contributed by atoms with Crippen LogP contribution in [-0.4, -0.2) is 24.2 Å². The zero-order valence-electron chi connectivity index (χ0n) is 12.5. The maximum atomic E-state index is 12.4. The highest BCUT2D eigenvalue weighted by molar-refractivity contribution is 6.31. The summed E-state index contributed by atoms with van der Waals surface area (Å²) in [5.74, 6) is -0.247. The number of carbonyl (C=O) groups is 1. The van der Waals surface area contributed by atoms with Crippen LogP contribution in [-0.2, 0) is 16.0 Å². The fraction of sp³-hybridized carbons (Fsp3) is 0.278. The number of halogens is 1. The molecule has 4 nitrogen and oxygen atoms in total. The van der Waals surface area contributed by atoms with Crippen LogP contribution < -0.4 is 5.32 Å². The van der Waals surface area contributed by atoms with Gasteiger partial charge in [-0.1, -0.05) is 54.1 Å². The predicted octanol–water partition coefficient (Wildman–Crippen LogP) is 2.80. The molecule has 0 fully saturated rings. The number of ether oxygens (including phenoxy) is 1. The third kappa shape index (κ3) is 3.55. The topological polar surface area (TPSA) is 58.6 Å². The standard InChI is InChI=1S/C18H18ClNO3/c19-15-8-4-3-7-14(15)16(21)11-20-18(22)17-13-6-2-1-5-12(13)9-10-23-17/h1-8,16-17,21H,9-11H2,(H,20,22). The second-order valence-electron chi connectivity index (χ2n) is 5.48. The molecule has 1 heterocycles. The van der Waals surface area contributed by atoms with Gasteiger partial charge in [-0.2, -0.15) is 0 Å². The first-order valence-electron chi connectivity index (χ1n) is 7.56. The van der Waals surface area contributed by atoms with E-state index in [2.05, 4.69) is 5.32 Å². The Balaban J connectivity index is 1.66. The van der Waals surface area contributed by atoms with E-state index in [0.29, 0.717) is 17.2 Å². The van der Waals surface area contributed by atoms with Crippen molar-refractivity contribution in [3.8, 4) is 0 Å². The average Bonchev–Trinajstić information content (AvgIpc) is 2.59. The third-order valence-corrected chi connectivity index (χ3v) is 4.31. The number of aliphatic hydroxyl groups is 1. The Morgan fingerprint density at radius 1 is 1.26 bits per heavy atom. The van der Waals surface area contributed by atoms with E-state index in [4.69, 9.17) is 16.3 Å². The molecule has 0 radical (unpaired) electrons. The molecule has 2 atom stereocenters. The monoisotopic (exact) mass is 331 g/mol. The SMILES string of the molecule is O=C(NCC(O)c1ccccc1Cl)C1OCCc2ccccc21. The van der Waals surface area contributed by atoms with Crippen molar-refractivity contribution >= 4 is 17.5 Å². The number of carbonyl (C=O) groups excluding carboxylic acids is 1. The lowest BCUT2D eigenvalue weighted by Gasteiger charge is -2.25. The molecule has 2 aromatic rings. The van der Waals surface area contributed by atoms with Crippen LogP contribution in [0.4, 0.5) is 0 Å². The van der Waals surface area contributed by atoms with Gasteiger partial charge >= 0.3 is 0 Å². The maximum absolute atomic E-state index is 12.4. The van der Waals surface area contributed by atoms with Crippen LogP contribution >= 0.6 is 11.6 Å². The van der Waals surface area contributed by atoms with E-state index in [0.717, 1.165) is 17.5 Å². The summed E-state index contributed by atoms with van der Waals surface area (Å²) in [6.45, 7) is 0.604. The Morgan fingerprint density at radius 2 is 2.00 bits per heavy atom. The van der Waals surface area contributed by atoms with Crippen LogP contribution in [0.5, 0.6) is 0 Å². The summed E-state index contributed by atoms with van der Waals surface area (Å²) in [5.41, 5.74) is 2.62. The molecule has 2 unspecified atom stereocenters. The second kappa shape index (κ2) is 7.13. The normalized spacial score (nSPS) is 18.1. The molecule has 0 bridgehead atoms. The fourth-order valence-corrected chi connectivity index (χ4v) is 3.02. The van der Waals surface area contributed by atoms with Crippen molar-refractivity contribution in [2.45, 2.75) is 18.6 Å². The Labute approximate surface area is 140 Å². The van der Waals surface area contributed by atoms with Crippen LogP contribution in [0.25, 0.3) is 0 Å². The zero-order valence-corrected chi connectivity index (χ0v) is 13.3. The lowest BCUT2D eigenvalue weighted by atomic mass is 9.97. The summed E-state index contributed by atoms with van der Waals surface area (Å²) in [6.07, 6.45) is -0.674. The van der Waals surface area contributed by atoms with Gasteiger partial charge in [0.2, 0.25) is 0 Å². The summed E-state index contributed by atoms with van der Waals surface area (Å²) in [6, 6.07) is 14.8. The number of hydrogen-bond acceptors (Lipinski definition) is 3. The van der Waals surface area contributed by atoms with Crippen LogP contribution in [0.3, 0.4) is 0 Å². The van der Waals surface area contributed by atoms with Crippen molar-refractivity contribution in [2.24, 2.45) is 0 Å². The Morgan fingerprint density at radius 3 is 2.83 bits per heavy atom. The number of rotatable bonds is 4. The van der Waals surface area contributed by atoms with E-state index in [1.54, 1.807) is 24.3 Å². The number of benzene rings is 2. The van der Waals surface area contributed by atoms with E-state index in [-0.39, 0.29) is 12.5 Å². The Hall–Kier alpha value is -1.88. The number of amides is 1. The van der Waals surface area contributed by atoms with Crippen molar-refractivity contribution in [1.82, 2.24) is 5.32 Å². The van der Waals surface area contributed by atoms with Crippen molar-refractivity contribution in [2.75, 3.05) is 13.2 Å². The highest BCUT2D eigenvalue weighted by Gasteiger charge is 2.27. The largest absolute Gasteiger partial charge is 0.387 e. The molecule has 2 N–H and O–H groups in total. The first-order valence-corrected chi connectivity index (χ1v) is 7.94. The molecule has 23 heavy (non-hydrogen) atoms. The molecule has 2 aromatic carbocycles. The lowest BCUT2D eigenvalue weighted by Crippen LogP contribution is -2.36. The molecule has 120 valence electrons. The van der Waals surface area contributed by atoms with Crippen molar-refractivity contribution < 1.29 is 14.6 Å². The van der Waals surface area contributed by atoms with Crippen molar-refractivity contribution in [1.29, 1.82) is 0 Å². The zero-order chi connectivity index (χ0) is 16.2. The Bertz CT molecular complexity index is 704. The van der Waals surface area contributed by atoms with Gasteiger partial charge in [0.25, 0.3) is 5.91 Å².